The lowest BCUT2D eigenvalue weighted by Gasteiger charge is -2.02. The number of hydrogen-bond acceptors (Lipinski definition) is 7. The first-order valence-corrected chi connectivity index (χ1v) is 6.37. The van der Waals surface area contributed by atoms with Crippen molar-refractivity contribution < 1.29 is 14.4 Å². The first-order chi connectivity index (χ1) is 9.69. The molecule has 0 unspecified atom stereocenters. The van der Waals surface area contributed by atoms with E-state index in [1.54, 1.807) is 0 Å². The summed E-state index contributed by atoms with van der Waals surface area (Å²) in [5, 5.41) is 20.4. The Morgan fingerprint density at radius 3 is 2.95 bits per heavy atom. The Morgan fingerprint density at radius 1 is 1.50 bits per heavy atom. The first kappa shape index (κ1) is 12.7. The van der Waals surface area contributed by atoms with Crippen molar-refractivity contribution in [1.29, 1.82) is 0 Å². The number of nitrogens with zero attached hydrogens (tertiary/aromatic N) is 5. The van der Waals surface area contributed by atoms with Gasteiger partial charge in [0.2, 0.25) is 5.89 Å². The summed E-state index contributed by atoms with van der Waals surface area (Å²) in [6, 6.07) is 0. The third-order valence-electron chi connectivity index (χ3n) is 3.13. The molecule has 3 rings (SSSR count). The van der Waals surface area contributed by atoms with Gasteiger partial charge in [-0.05, 0) is 19.4 Å². The maximum atomic E-state index is 11.1. The van der Waals surface area contributed by atoms with Crippen LogP contribution in [0.15, 0.2) is 4.52 Å². The molecule has 1 aliphatic rings. The summed E-state index contributed by atoms with van der Waals surface area (Å²) >= 11 is 0. The van der Waals surface area contributed by atoms with E-state index in [1.165, 1.54) is 4.68 Å². The molecule has 106 valence electrons. The molecular weight excluding hydrogens is 264 g/mol. The van der Waals surface area contributed by atoms with E-state index in [1.807, 2.05) is 0 Å². The van der Waals surface area contributed by atoms with Crippen LogP contribution in [0.25, 0.3) is 0 Å². The fourth-order valence-electron chi connectivity index (χ4n) is 1.98. The van der Waals surface area contributed by atoms with Gasteiger partial charge in [-0.1, -0.05) is 10.4 Å². The lowest BCUT2D eigenvalue weighted by atomic mass is 10.2. The quantitative estimate of drug-likeness (QED) is 0.741. The fraction of sp³-hybridized carbons (Fsp3) is 0.545. The standard InChI is InChI=1S/C11H14N6O3/c12-4-3-7-9(11(18)19)14-16-17(7)5-8-13-10(15-20-8)6-1-2-6/h6H,1-5,12H2,(H,18,19). The third-order valence-corrected chi connectivity index (χ3v) is 3.13. The van der Waals surface area contributed by atoms with Crippen molar-refractivity contribution in [2.75, 3.05) is 6.54 Å². The molecule has 3 N–H and O–H groups in total. The smallest absolute Gasteiger partial charge is 0.358 e. The molecule has 20 heavy (non-hydrogen) atoms. The monoisotopic (exact) mass is 278 g/mol. The van der Waals surface area contributed by atoms with Crippen LogP contribution in [0, 0.1) is 0 Å². The van der Waals surface area contributed by atoms with E-state index in [-0.39, 0.29) is 12.2 Å². The molecular formula is C11H14N6O3. The molecule has 0 amide bonds. The van der Waals surface area contributed by atoms with Crippen molar-refractivity contribution in [2.24, 2.45) is 5.73 Å². The van der Waals surface area contributed by atoms with Crippen molar-refractivity contribution in [2.45, 2.75) is 31.7 Å². The fourth-order valence-corrected chi connectivity index (χ4v) is 1.98. The van der Waals surface area contributed by atoms with Gasteiger partial charge in [-0.25, -0.2) is 9.48 Å². The van der Waals surface area contributed by atoms with Crippen LogP contribution in [0.3, 0.4) is 0 Å². The summed E-state index contributed by atoms with van der Waals surface area (Å²) in [7, 11) is 0. The van der Waals surface area contributed by atoms with E-state index in [2.05, 4.69) is 20.5 Å². The van der Waals surface area contributed by atoms with Gasteiger partial charge in [0.1, 0.15) is 6.54 Å². The van der Waals surface area contributed by atoms with Gasteiger partial charge in [0.25, 0.3) is 0 Å². The summed E-state index contributed by atoms with van der Waals surface area (Å²) in [5.41, 5.74) is 5.87. The summed E-state index contributed by atoms with van der Waals surface area (Å²) < 4.78 is 6.59. The highest BCUT2D eigenvalue weighted by Crippen LogP contribution is 2.38. The SMILES string of the molecule is NCCc1c(C(=O)O)nnn1Cc1nc(C2CC2)no1. The molecule has 2 aromatic heterocycles. The van der Waals surface area contributed by atoms with Crippen molar-refractivity contribution >= 4 is 5.97 Å². The summed E-state index contributed by atoms with van der Waals surface area (Å²) in [4.78, 5) is 15.3. The van der Waals surface area contributed by atoms with E-state index >= 15 is 0 Å². The van der Waals surface area contributed by atoms with Crippen LogP contribution in [0.5, 0.6) is 0 Å². The number of rotatable bonds is 6. The summed E-state index contributed by atoms with van der Waals surface area (Å²) in [6.45, 7) is 0.514. The molecule has 0 atom stereocenters. The molecule has 1 fully saturated rings. The molecule has 0 spiro atoms. The molecule has 0 aliphatic heterocycles. The topological polar surface area (TPSA) is 133 Å². The highest BCUT2D eigenvalue weighted by molar-refractivity contribution is 5.86. The number of nitrogens with two attached hydrogens (primary N) is 1. The highest BCUT2D eigenvalue weighted by Gasteiger charge is 2.29. The average Bonchev–Trinajstić information content (AvgIpc) is 3.04. The van der Waals surface area contributed by atoms with E-state index in [0.29, 0.717) is 36.3 Å². The molecule has 0 bridgehead atoms. The Kier molecular flexibility index (Phi) is 3.18. The number of carboxylic acid groups (broad SMARTS) is 1. The van der Waals surface area contributed by atoms with Crippen LogP contribution >= 0.6 is 0 Å². The van der Waals surface area contributed by atoms with E-state index in [0.717, 1.165) is 12.8 Å². The minimum absolute atomic E-state index is 0.0858. The normalized spacial score (nSPS) is 14.7. The Morgan fingerprint density at radius 2 is 2.30 bits per heavy atom. The van der Waals surface area contributed by atoms with Crippen LogP contribution in [0.4, 0.5) is 0 Å². The largest absolute Gasteiger partial charge is 0.476 e. The number of carbonyl (C=O) groups is 1. The van der Waals surface area contributed by atoms with Crippen molar-refractivity contribution in [3.8, 4) is 0 Å². The zero-order valence-corrected chi connectivity index (χ0v) is 10.7. The van der Waals surface area contributed by atoms with Crippen molar-refractivity contribution in [3.05, 3.63) is 23.1 Å². The Balaban J connectivity index is 1.83. The second kappa shape index (κ2) is 5.00. The predicted octanol–water partition coefficient (Wildman–Crippen LogP) is -0.214. The van der Waals surface area contributed by atoms with Gasteiger partial charge in [-0.3, -0.25) is 0 Å². The van der Waals surface area contributed by atoms with Gasteiger partial charge in [-0.15, -0.1) is 5.10 Å². The Hall–Kier alpha value is -2.29. The number of aromatic carboxylic acids is 1. The van der Waals surface area contributed by atoms with Gasteiger partial charge in [0, 0.05) is 12.3 Å². The number of carboxylic acids is 1. The van der Waals surface area contributed by atoms with Gasteiger partial charge >= 0.3 is 5.97 Å². The molecule has 0 aromatic carbocycles. The summed E-state index contributed by atoms with van der Waals surface area (Å²) in [5.74, 6) is 0.385. The molecule has 0 saturated heterocycles. The second-order valence-corrected chi connectivity index (χ2v) is 4.71. The molecule has 0 radical (unpaired) electrons. The molecule has 2 aromatic rings. The zero-order valence-electron chi connectivity index (χ0n) is 10.7. The highest BCUT2D eigenvalue weighted by atomic mass is 16.5. The minimum Gasteiger partial charge on any atom is -0.476 e. The maximum Gasteiger partial charge on any atom is 0.358 e. The first-order valence-electron chi connectivity index (χ1n) is 6.37. The van der Waals surface area contributed by atoms with Crippen molar-refractivity contribution in [3.63, 3.8) is 0 Å². The van der Waals surface area contributed by atoms with Crippen LogP contribution in [0.2, 0.25) is 0 Å². The Labute approximate surface area is 113 Å². The van der Waals surface area contributed by atoms with Crippen LogP contribution in [0.1, 0.15) is 46.7 Å². The van der Waals surface area contributed by atoms with Crippen LogP contribution < -0.4 is 5.73 Å². The number of aromatic nitrogens is 5. The zero-order chi connectivity index (χ0) is 14.1. The molecule has 9 nitrogen and oxygen atoms in total. The van der Waals surface area contributed by atoms with Gasteiger partial charge in [0.15, 0.2) is 11.5 Å². The van der Waals surface area contributed by atoms with E-state index < -0.39 is 5.97 Å². The van der Waals surface area contributed by atoms with Crippen LogP contribution in [-0.2, 0) is 13.0 Å². The molecule has 1 aliphatic carbocycles. The molecule has 9 heteroatoms. The number of hydrogen-bond donors (Lipinski definition) is 2. The average molecular weight is 278 g/mol. The van der Waals surface area contributed by atoms with Gasteiger partial charge in [0.05, 0.1) is 5.69 Å². The minimum atomic E-state index is -1.12. The molecule has 1 saturated carbocycles. The van der Waals surface area contributed by atoms with Crippen LogP contribution in [-0.4, -0.2) is 42.8 Å². The Bertz CT molecular complexity index is 630. The maximum absolute atomic E-state index is 11.1. The lowest BCUT2D eigenvalue weighted by Crippen LogP contribution is -2.14. The molecule has 2 heterocycles. The van der Waals surface area contributed by atoms with Gasteiger partial charge in [-0.2, -0.15) is 4.98 Å². The predicted molar refractivity (Wildman–Crippen MR) is 65.1 cm³/mol. The van der Waals surface area contributed by atoms with E-state index in [9.17, 15) is 4.79 Å². The van der Waals surface area contributed by atoms with Crippen molar-refractivity contribution in [1.82, 2.24) is 25.1 Å². The van der Waals surface area contributed by atoms with Gasteiger partial charge < -0.3 is 15.4 Å². The second-order valence-electron chi connectivity index (χ2n) is 4.71. The lowest BCUT2D eigenvalue weighted by molar-refractivity contribution is 0.0689. The third kappa shape index (κ3) is 2.39. The summed E-state index contributed by atoms with van der Waals surface area (Å²) in [6.07, 6.45) is 2.55. The van der Waals surface area contributed by atoms with E-state index in [4.69, 9.17) is 15.4 Å².